The highest BCUT2D eigenvalue weighted by Crippen LogP contribution is 2.13. The van der Waals surface area contributed by atoms with E-state index in [2.05, 4.69) is 28.1 Å². The molecule has 0 spiro atoms. The number of ether oxygens (including phenoxy) is 1. The minimum absolute atomic E-state index is 0.202. The number of hydrogen-bond acceptors (Lipinski definition) is 5. The van der Waals surface area contributed by atoms with Crippen molar-refractivity contribution in [3.8, 4) is 11.8 Å². The maximum absolute atomic E-state index is 12.2. The van der Waals surface area contributed by atoms with Crippen LogP contribution in [0.2, 0.25) is 0 Å². The Hall–Kier alpha value is -2.11. The van der Waals surface area contributed by atoms with Gasteiger partial charge in [0, 0.05) is 26.4 Å². The summed E-state index contributed by atoms with van der Waals surface area (Å²) in [6.07, 6.45) is 2.94. The van der Waals surface area contributed by atoms with Gasteiger partial charge in [0.15, 0.2) is 0 Å². The zero-order valence-corrected chi connectivity index (χ0v) is 13.0. The van der Waals surface area contributed by atoms with E-state index in [-0.39, 0.29) is 18.7 Å². The minimum atomic E-state index is -3.70. The van der Waals surface area contributed by atoms with Crippen molar-refractivity contribution >= 4 is 16.2 Å². The first-order valence-corrected chi connectivity index (χ1v) is 7.53. The van der Waals surface area contributed by atoms with Gasteiger partial charge in [-0.3, -0.25) is 0 Å². The van der Waals surface area contributed by atoms with Crippen molar-refractivity contribution in [1.82, 2.24) is 13.3 Å². The van der Waals surface area contributed by atoms with Crippen LogP contribution >= 0.6 is 0 Å². The summed E-state index contributed by atoms with van der Waals surface area (Å²) >= 11 is 0. The molecule has 1 aromatic heterocycles. The maximum Gasteiger partial charge on any atom is 0.384 e. The molecule has 0 unspecified atom stereocenters. The van der Waals surface area contributed by atoms with Crippen molar-refractivity contribution in [2.75, 3.05) is 20.7 Å². The topological polar surface area (TPSA) is 81.5 Å². The first-order chi connectivity index (χ1) is 9.84. The minimum Gasteiger partial charge on any atom is -0.456 e. The quantitative estimate of drug-likeness (QED) is 0.440. The lowest BCUT2D eigenvalue weighted by molar-refractivity contribution is -0.136. The summed E-state index contributed by atoms with van der Waals surface area (Å²) in [4.78, 5) is 15.2. The summed E-state index contributed by atoms with van der Waals surface area (Å²) in [5.41, 5.74) is 0.545. The summed E-state index contributed by atoms with van der Waals surface area (Å²) < 4.78 is 31.1. The molecule has 0 aliphatic carbocycles. The standard InChI is InChI=1S/C13H17N3O4S/c1-5-7-12-11(8-9-13(17)20-6-2)14-10-16(12)21(18,19)15(3)4/h5,10H,1,6-7H2,2-4H3. The Bertz CT molecular complexity index is 693. The lowest BCUT2D eigenvalue weighted by atomic mass is 10.2. The molecular formula is C13H17N3O4S. The molecule has 0 aliphatic rings. The largest absolute Gasteiger partial charge is 0.456 e. The summed E-state index contributed by atoms with van der Waals surface area (Å²) in [6, 6.07) is 0. The van der Waals surface area contributed by atoms with Crippen LogP contribution in [0.1, 0.15) is 18.3 Å². The third-order valence-electron chi connectivity index (χ3n) is 2.44. The van der Waals surface area contributed by atoms with Crippen LogP contribution in [0.4, 0.5) is 0 Å². The van der Waals surface area contributed by atoms with Crippen LogP contribution in [0.3, 0.4) is 0 Å². The second kappa shape index (κ2) is 7.06. The zero-order valence-electron chi connectivity index (χ0n) is 12.2. The number of rotatable bonds is 5. The molecule has 0 bridgehead atoms. The third-order valence-corrected chi connectivity index (χ3v) is 4.17. The van der Waals surface area contributed by atoms with Crippen molar-refractivity contribution < 1.29 is 17.9 Å². The molecular weight excluding hydrogens is 294 g/mol. The van der Waals surface area contributed by atoms with Crippen molar-refractivity contribution in [1.29, 1.82) is 0 Å². The highest BCUT2D eigenvalue weighted by atomic mass is 32.2. The first kappa shape index (κ1) is 16.9. The highest BCUT2D eigenvalue weighted by molar-refractivity contribution is 7.87. The molecule has 0 aromatic carbocycles. The van der Waals surface area contributed by atoms with Gasteiger partial charge < -0.3 is 4.74 Å². The van der Waals surface area contributed by atoms with Gasteiger partial charge in [0.05, 0.1) is 12.3 Å². The molecule has 0 saturated heterocycles. The molecule has 1 rings (SSSR count). The van der Waals surface area contributed by atoms with Crippen LogP contribution < -0.4 is 0 Å². The van der Waals surface area contributed by atoms with Crippen molar-refractivity contribution in [3.05, 3.63) is 30.4 Å². The number of allylic oxidation sites excluding steroid dienone is 1. The van der Waals surface area contributed by atoms with Gasteiger partial charge in [-0.15, -0.1) is 6.58 Å². The van der Waals surface area contributed by atoms with Gasteiger partial charge in [0.2, 0.25) is 0 Å². The number of imidazole rings is 1. The summed E-state index contributed by atoms with van der Waals surface area (Å²) in [5.74, 6) is 4.10. The predicted octanol–water partition coefficient (Wildman–Crippen LogP) is 0.181. The van der Waals surface area contributed by atoms with E-state index in [0.717, 1.165) is 14.6 Å². The van der Waals surface area contributed by atoms with Crippen LogP contribution in [0.15, 0.2) is 19.0 Å². The number of carbonyl (C=O) groups excluding carboxylic acids is 1. The molecule has 1 aromatic rings. The average molecular weight is 311 g/mol. The van der Waals surface area contributed by atoms with Crippen LogP contribution in [0.25, 0.3) is 0 Å². The number of nitrogens with zero attached hydrogens (tertiary/aromatic N) is 3. The summed E-state index contributed by atoms with van der Waals surface area (Å²) in [7, 11) is -0.875. The smallest absolute Gasteiger partial charge is 0.384 e. The Morgan fingerprint density at radius 2 is 2.24 bits per heavy atom. The number of hydrogen-bond donors (Lipinski definition) is 0. The molecule has 0 aliphatic heterocycles. The molecule has 7 nitrogen and oxygen atoms in total. The van der Waals surface area contributed by atoms with Gasteiger partial charge in [0.1, 0.15) is 12.0 Å². The molecule has 0 radical (unpaired) electrons. The third kappa shape index (κ3) is 3.93. The highest BCUT2D eigenvalue weighted by Gasteiger charge is 2.21. The fraction of sp³-hybridized carbons (Fsp3) is 0.385. The van der Waals surface area contributed by atoms with Crippen LogP contribution in [-0.2, 0) is 26.2 Å². The van der Waals surface area contributed by atoms with E-state index in [1.54, 1.807) is 6.92 Å². The molecule has 114 valence electrons. The molecule has 0 N–H and O–H groups in total. The monoisotopic (exact) mass is 311 g/mol. The normalized spacial score (nSPS) is 10.9. The molecule has 0 saturated carbocycles. The van der Waals surface area contributed by atoms with Gasteiger partial charge in [-0.2, -0.15) is 12.7 Å². The molecule has 21 heavy (non-hydrogen) atoms. The predicted molar refractivity (Wildman–Crippen MR) is 77.6 cm³/mol. The summed E-state index contributed by atoms with van der Waals surface area (Å²) in [6.45, 7) is 5.47. The van der Waals surface area contributed by atoms with Crippen molar-refractivity contribution in [3.63, 3.8) is 0 Å². The first-order valence-electron chi connectivity index (χ1n) is 6.13. The van der Waals surface area contributed by atoms with Gasteiger partial charge >= 0.3 is 16.2 Å². The fourth-order valence-electron chi connectivity index (χ4n) is 1.44. The molecule has 8 heteroatoms. The summed E-state index contributed by atoms with van der Waals surface area (Å²) in [5, 5.41) is 0. The number of aromatic nitrogens is 2. The van der Waals surface area contributed by atoms with Gasteiger partial charge in [0.25, 0.3) is 0 Å². The van der Waals surface area contributed by atoms with Crippen LogP contribution in [0.5, 0.6) is 0 Å². The molecule has 0 atom stereocenters. The second-order valence-corrected chi connectivity index (χ2v) is 6.11. The maximum atomic E-state index is 12.2. The Morgan fingerprint density at radius 1 is 1.57 bits per heavy atom. The van der Waals surface area contributed by atoms with Gasteiger partial charge in [-0.1, -0.05) is 6.08 Å². The molecule has 0 amide bonds. The number of esters is 1. The Labute approximate surface area is 124 Å². The molecule has 0 fully saturated rings. The zero-order chi connectivity index (χ0) is 16.0. The van der Waals surface area contributed by atoms with Gasteiger partial charge in [-0.05, 0) is 12.8 Å². The Balaban J connectivity index is 3.28. The van der Waals surface area contributed by atoms with E-state index in [9.17, 15) is 13.2 Å². The van der Waals surface area contributed by atoms with Gasteiger partial charge in [-0.25, -0.2) is 13.8 Å². The number of carbonyl (C=O) groups is 1. The van der Waals surface area contributed by atoms with E-state index in [1.807, 2.05) is 0 Å². The van der Waals surface area contributed by atoms with E-state index in [0.29, 0.717) is 5.69 Å². The molecule has 1 heterocycles. The van der Waals surface area contributed by atoms with E-state index < -0.39 is 16.2 Å². The van der Waals surface area contributed by atoms with E-state index >= 15 is 0 Å². The second-order valence-electron chi connectivity index (χ2n) is 4.09. The van der Waals surface area contributed by atoms with Crippen molar-refractivity contribution in [2.24, 2.45) is 0 Å². The lowest BCUT2D eigenvalue weighted by Gasteiger charge is -2.13. The van der Waals surface area contributed by atoms with Crippen LogP contribution in [-0.4, -0.2) is 48.4 Å². The Kier molecular flexibility index (Phi) is 5.69. The average Bonchev–Trinajstić information content (AvgIpc) is 2.80. The SMILES string of the molecule is C=CCc1c(C#CC(=O)OCC)ncn1S(=O)(=O)N(C)C. The lowest BCUT2D eigenvalue weighted by Crippen LogP contribution is -2.29. The van der Waals surface area contributed by atoms with Crippen LogP contribution in [0, 0.1) is 11.8 Å². The van der Waals surface area contributed by atoms with E-state index in [4.69, 9.17) is 0 Å². The van der Waals surface area contributed by atoms with E-state index in [1.165, 1.54) is 20.2 Å². The van der Waals surface area contributed by atoms with Crippen molar-refractivity contribution in [2.45, 2.75) is 13.3 Å². The fourth-order valence-corrected chi connectivity index (χ4v) is 2.40. The Morgan fingerprint density at radius 3 is 2.76 bits per heavy atom.